The molecular weight excluding hydrogens is 296 g/mol. The van der Waals surface area contributed by atoms with E-state index in [0.29, 0.717) is 6.42 Å². The highest BCUT2D eigenvalue weighted by Crippen LogP contribution is 2.35. The highest BCUT2D eigenvalue weighted by molar-refractivity contribution is 7.26. The van der Waals surface area contributed by atoms with Gasteiger partial charge in [-0.1, -0.05) is 23.7 Å². The Morgan fingerprint density at radius 3 is 2.79 bits per heavy atom. The van der Waals surface area contributed by atoms with Crippen molar-refractivity contribution >= 4 is 43.7 Å². The molecule has 4 heteroatoms. The van der Waals surface area contributed by atoms with Crippen LogP contribution in [-0.2, 0) is 6.42 Å². The summed E-state index contributed by atoms with van der Waals surface area (Å²) in [4.78, 5) is 1.01. The Hall–Kier alpha value is -0.870. The van der Waals surface area contributed by atoms with Crippen LogP contribution in [0.5, 0.6) is 0 Å². The molecule has 1 unspecified atom stereocenters. The highest BCUT2D eigenvalue weighted by Gasteiger charge is 2.14. The van der Waals surface area contributed by atoms with E-state index in [2.05, 4.69) is 17.5 Å². The van der Waals surface area contributed by atoms with Crippen LogP contribution in [0.15, 0.2) is 35.7 Å². The molecule has 1 aromatic carbocycles. The summed E-state index contributed by atoms with van der Waals surface area (Å²) >= 11 is 9.58. The van der Waals surface area contributed by atoms with Crippen molar-refractivity contribution in [2.45, 2.75) is 19.4 Å². The van der Waals surface area contributed by atoms with Crippen molar-refractivity contribution in [3.8, 4) is 0 Å². The quantitative estimate of drug-likeness (QED) is 0.705. The molecule has 0 spiro atoms. The van der Waals surface area contributed by atoms with Crippen molar-refractivity contribution < 1.29 is 5.11 Å². The summed E-state index contributed by atoms with van der Waals surface area (Å²) in [7, 11) is 0. The van der Waals surface area contributed by atoms with E-state index >= 15 is 0 Å². The lowest BCUT2D eigenvalue weighted by Crippen LogP contribution is -2.00. The predicted octanol–water partition coefficient (Wildman–Crippen LogP) is 5.20. The van der Waals surface area contributed by atoms with E-state index < -0.39 is 6.10 Å². The summed E-state index contributed by atoms with van der Waals surface area (Å²) in [5.74, 6) is 0. The molecule has 0 aliphatic carbocycles. The second-order valence-corrected chi connectivity index (χ2v) is 7.08. The fourth-order valence-electron chi connectivity index (χ4n) is 2.08. The van der Waals surface area contributed by atoms with Gasteiger partial charge in [0.05, 0.1) is 6.10 Å². The smallest absolute Gasteiger partial charge is 0.0923 e. The van der Waals surface area contributed by atoms with Gasteiger partial charge >= 0.3 is 0 Å². The number of aliphatic hydroxyl groups excluding tert-OH is 1. The van der Waals surface area contributed by atoms with Crippen molar-refractivity contribution in [3.05, 3.63) is 56.7 Å². The van der Waals surface area contributed by atoms with Crippen molar-refractivity contribution in [1.82, 2.24) is 0 Å². The third kappa shape index (κ3) is 2.70. The monoisotopic (exact) mass is 308 g/mol. The van der Waals surface area contributed by atoms with E-state index in [1.54, 1.807) is 22.7 Å². The molecule has 0 aliphatic heterocycles. The molecule has 19 heavy (non-hydrogen) atoms. The van der Waals surface area contributed by atoms with Gasteiger partial charge in [-0.15, -0.1) is 22.7 Å². The lowest BCUT2D eigenvalue weighted by Gasteiger charge is -2.10. The van der Waals surface area contributed by atoms with Crippen LogP contribution in [0.4, 0.5) is 0 Å². The summed E-state index contributed by atoms with van der Waals surface area (Å²) in [6, 6.07) is 10.1. The molecule has 0 fully saturated rings. The van der Waals surface area contributed by atoms with E-state index in [4.69, 9.17) is 11.6 Å². The van der Waals surface area contributed by atoms with Crippen molar-refractivity contribution in [2.24, 2.45) is 0 Å². The third-order valence-corrected chi connectivity index (χ3v) is 5.66. The number of benzene rings is 1. The number of aryl methyl sites for hydroxylation is 1. The van der Waals surface area contributed by atoms with E-state index in [0.717, 1.165) is 21.0 Å². The molecule has 0 saturated carbocycles. The Morgan fingerprint density at radius 2 is 2.05 bits per heavy atom. The lowest BCUT2D eigenvalue weighted by molar-refractivity contribution is 0.182. The Morgan fingerprint density at radius 1 is 1.21 bits per heavy atom. The van der Waals surface area contributed by atoms with Gasteiger partial charge in [-0.25, -0.2) is 0 Å². The van der Waals surface area contributed by atoms with Gasteiger partial charge < -0.3 is 5.11 Å². The molecule has 1 nitrogen and oxygen atoms in total. The SMILES string of the molecule is Cc1ccc(CC(O)c2cc3sccc3s2)c(Cl)c1. The molecule has 0 aliphatic rings. The van der Waals surface area contributed by atoms with Crippen molar-refractivity contribution in [2.75, 3.05) is 0 Å². The minimum absolute atomic E-state index is 0.482. The molecule has 0 amide bonds. The van der Waals surface area contributed by atoms with Gasteiger partial charge in [0.1, 0.15) is 0 Å². The van der Waals surface area contributed by atoms with Gasteiger partial charge in [0.25, 0.3) is 0 Å². The fourth-order valence-corrected chi connectivity index (χ4v) is 4.49. The predicted molar refractivity (Wildman–Crippen MR) is 84.6 cm³/mol. The molecule has 3 aromatic rings. The number of hydrogen-bond donors (Lipinski definition) is 1. The molecule has 0 saturated heterocycles. The van der Waals surface area contributed by atoms with Crippen LogP contribution in [0.25, 0.3) is 9.40 Å². The standard InChI is InChI=1S/C15H13ClOS2/c1-9-2-3-10(11(16)6-9)7-12(17)14-8-15-13(19-14)4-5-18-15/h2-6,8,12,17H,7H2,1H3. The summed E-state index contributed by atoms with van der Waals surface area (Å²) in [5, 5.41) is 13.2. The summed E-state index contributed by atoms with van der Waals surface area (Å²) < 4.78 is 2.49. The number of aliphatic hydroxyl groups is 1. The van der Waals surface area contributed by atoms with Gasteiger partial charge in [0.2, 0.25) is 0 Å². The van der Waals surface area contributed by atoms with Gasteiger partial charge in [0, 0.05) is 25.7 Å². The molecule has 2 aromatic heterocycles. The maximum Gasteiger partial charge on any atom is 0.0923 e. The number of rotatable bonds is 3. The zero-order chi connectivity index (χ0) is 13.4. The molecule has 0 bridgehead atoms. The number of fused-ring (bicyclic) bond motifs is 1. The minimum atomic E-state index is -0.482. The first kappa shape index (κ1) is 13.1. The number of halogens is 1. The maximum absolute atomic E-state index is 10.3. The highest BCUT2D eigenvalue weighted by atomic mass is 35.5. The average molecular weight is 309 g/mol. The summed E-state index contributed by atoms with van der Waals surface area (Å²) in [6.07, 6.45) is 0.0807. The van der Waals surface area contributed by atoms with Crippen molar-refractivity contribution in [1.29, 1.82) is 0 Å². The minimum Gasteiger partial charge on any atom is -0.387 e. The average Bonchev–Trinajstić information content (AvgIpc) is 2.93. The number of hydrogen-bond acceptors (Lipinski definition) is 3. The van der Waals surface area contributed by atoms with Gasteiger partial charge in [-0.2, -0.15) is 0 Å². The van der Waals surface area contributed by atoms with Gasteiger partial charge in [0.15, 0.2) is 0 Å². The Labute approximate surface area is 125 Å². The topological polar surface area (TPSA) is 20.2 Å². The van der Waals surface area contributed by atoms with Crippen LogP contribution < -0.4 is 0 Å². The van der Waals surface area contributed by atoms with Crippen LogP contribution in [0.3, 0.4) is 0 Å². The number of thiophene rings is 2. The molecule has 1 N–H and O–H groups in total. The molecular formula is C15H13ClOS2. The summed E-state index contributed by atoms with van der Waals surface area (Å²) in [5.41, 5.74) is 2.14. The second-order valence-electron chi connectivity index (χ2n) is 4.61. The molecule has 2 heterocycles. The zero-order valence-electron chi connectivity index (χ0n) is 10.4. The molecule has 98 valence electrons. The van der Waals surface area contributed by atoms with Gasteiger partial charge in [-0.05, 0) is 41.6 Å². The van der Waals surface area contributed by atoms with Crippen LogP contribution in [0, 0.1) is 6.92 Å². The fraction of sp³-hybridized carbons (Fsp3) is 0.200. The first-order valence-corrected chi connectivity index (χ1v) is 8.11. The Bertz CT molecular complexity index is 685. The van der Waals surface area contributed by atoms with Crippen molar-refractivity contribution in [3.63, 3.8) is 0 Å². The summed E-state index contributed by atoms with van der Waals surface area (Å²) in [6.45, 7) is 2.01. The van der Waals surface area contributed by atoms with E-state index in [1.165, 1.54) is 9.40 Å². The van der Waals surface area contributed by atoms with E-state index in [-0.39, 0.29) is 0 Å². The first-order chi connectivity index (χ1) is 9.13. The Kier molecular flexibility index (Phi) is 3.63. The zero-order valence-corrected chi connectivity index (χ0v) is 12.8. The largest absolute Gasteiger partial charge is 0.387 e. The molecule has 3 rings (SSSR count). The molecule has 0 radical (unpaired) electrons. The maximum atomic E-state index is 10.3. The first-order valence-electron chi connectivity index (χ1n) is 6.03. The Balaban J connectivity index is 1.84. The van der Waals surface area contributed by atoms with Crippen LogP contribution in [0.1, 0.15) is 22.1 Å². The normalized spacial score (nSPS) is 13.0. The van der Waals surface area contributed by atoms with Crippen LogP contribution in [-0.4, -0.2) is 5.11 Å². The van der Waals surface area contributed by atoms with Crippen LogP contribution in [0.2, 0.25) is 5.02 Å². The third-order valence-electron chi connectivity index (χ3n) is 3.11. The second kappa shape index (κ2) is 5.25. The van der Waals surface area contributed by atoms with Crippen LogP contribution >= 0.6 is 34.3 Å². The van der Waals surface area contributed by atoms with E-state index in [9.17, 15) is 5.11 Å². The van der Waals surface area contributed by atoms with Gasteiger partial charge in [-0.3, -0.25) is 0 Å². The molecule has 1 atom stereocenters. The van der Waals surface area contributed by atoms with E-state index in [1.807, 2.05) is 25.1 Å². The lowest BCUT2D eigenvalue weighted by atomic mass is 10.1.